The van der Waals surface area contributed by atoms with Crippen LogP contribution in [0.5, 0.6) is 5.75 Å². The highest BCUT2D eigenvalue weighted by Crippen LogP contribution is 2.32. The number of hydrogen-bond donors (Lipinski definition) is 1. The molecule has 0 bridgehead atoms. The normalized spacial score (nSPS) is 17.3. The van der Waals surface area contributed by atoms with E-state index < -0.39 is 0 Å². The largest absolute Gasteiger partial charge is 0.496 e. The van der Waals surface area contributed by atoms with Crippen molar-refractivity contribution in [2.45, 2.75) is 25.2 Å². The summed E-state index contributed by atoms with van der Waals surface area (Å²) >= 11 is 1.79. The van der Waals surface area contributed by atoms with Crippen LogP contribution in [0.2, 0.25) is 0 Å². The number of para-hydroxylation sites is 2. The van der Waals surface area contributed by atoms with Crippen molar-refractivity contribution in [3.63, 3.8) is 0 Å². The Hall–Kier alpha value is -2.44. The second-order valence-corrected chi connectivity index (χ2v) is 8.57. The van der Waals surface area contributed by atoms with Gasteiger partial charge in [0.05, 0.1) is 28.9 Å². The van der Waals surface area contributed by atoms with E-state index in [4.69, 9.17) is 9.72 Å². The number of nitrogens with one attached hydrogen (secondary N) is 1. The van der Waals surface area contributed by atoms with Gasteiger partial charge >= 0.3 is 0 Å². The van der Waals surface area contributed by atoms with Crippen molar-refractivity contribution in [3.05, 3.63) is 59.1 Å². The van der Waals surface area contributed by atoms with Gasteiger partial charge in [-0.2, -0.15) is 0 Å². The minimum atomic E-state index is 0.0878. The van der Waals surface area contributed by atoms with Gasteiger partial charge in [0, 0.05) is 19.0 Å². The molecule has 1 atom stereocenters. The molecule has 1 aromatic heterocycles. The van der Waals surface area contributed by atoms with Crippen LogP contribution in [0, 0.1) is 0 Å². The van der Waals surface area contributed by atoms with E-state index in [1.54, 1.807) is 18.4 Å². The molecule has 6 heteroatoms. The van der Waals surface area contributed by atoms with Crippen molar-refractivity contribution in [2.24, 2.45) is 0 Å². The van der Waals surface area contributed by atoms with E-state index in [0.717, 1.165) is 49.2 Å². The second-order valence-electron chi connectivity index (χ2n) is 7.51. The number of piperidine rings is 1. The Morgan fingerprint density at radius 1 is 1.24 bits per heavy atom. The lowest BCUT2D eigenvalue weighted by Crippen LogP contribution is -2.42. The molecule has 1 aliphatic rings. The third kappa shape index (κ3) is 4.95. The van der Waals surface area contributed by atoms with Crippen LogP contribution in [0.1, 0.15) is 29.3 Å². The molecule has 152 valence electrons. The van der Waals surface area contributed by atoms with Gasteiger partial charge in [-0.3, -0.25) is 9.69 Å². The summed E-state index contributed by atoms with van der Waals surface area (Å²) in [6.07, 6.45) is 3.02. The topological polar surface area (TPSA) is 54.5 Å². The summed E-state index contributed by atoms with van der Waals surface area (Å²) in [5, 5.41) is 4.26. The fraction of sp³-hybridized carbons (Fsp3) is 0.391. The summed E-state index contributed by atoms with van der Waals surface area (Å²) in [5.74, 6) is 1.38. The summed E-state index contributed by atoms with van der Waals surface area (Å²) in [4.78, 5) is 19.5. The molecule has 1 N–H and O–H groups in total. The van der Waals surface area contributed by atoms with Crippen molar-refractivity contribution in [1.29, 1.82) is 0 Å². The summed E-state index contributed by atoms with van der Waals surface area (Å²) < 4.78 is 6.62. The highest BCUT2D eigenvalue weighted by atomic mass is 32.1. The standard InChI is InChI=1S/C23H27N3O2S/c1-28-20-10-4-2-7-17(20)12-13-24-22(27)16-26-14-6-8-18(15-26)23-25-19-9-3-5-11-21(19)29-23/h2-5,7,9-11,18H,6,8,12-16H2,1H3,(H,24,27)/t18-/m1/s1. The maximum absolute atomic E-state index is 12.4. The van der Waals surface area contributed by atoms with Gasteiger partial charge in [-0.15, -0.1) is 11.3 Å². The van der Waals surface area contributed by atoms with E-state index in [-0.39, 0.29) is 5.91 Å². The molecule has 1 fully saturated rings. The smallest absolute Gasteiger partial charge is 0.234 e. The number of thiazole rings is 1. The fourth-order valence-electron chi connectivity index (χ4n) is 3.97. The lowest BCUT2D eigenvalue weighted by molar-refractivity contribution is -0.122. The molecule has 0 saturated carbocycles. The Labute approximate surface area is 175 Å². The molecular formula is C23H27N3O2S. The van der Waals surface area contributed by atoms with Crippen LogP contribution in [-0.2, 0) is 11.2 Å². The van der Waals surface area contributed by atoms with Gasteiger partial charge in [-0.05, 0) is 49.6 Å². The first kappa shape index (κ1) is 19.9. The maximum Gasteiger partial charge on any atom is 0.234 e. The van der Waals surface area contributed by atoms with Crippen molar-refractivity contribution in [1.82, 2.24) is 15.2 Å². The summed E-state index contributed by atoms with van der Waals surface area (Å²) in [6, 6.07) is 16.2. The van der Waals surface area contributed by atoms with Crippen LogP contribution in [0.25, 0.3) is 10.2 Å². The SMILES string of the molecule is COc1ccccc1CCNC(=O)CN1CCC[C@@H](c2nc3ccccc3s2)C1. The number of likely N-dealkylation sites (tertiary alicyclic amines) is 1. The zero-order valence-corrected chi connectivity index (χ0v) is 17.6. The number of rotatable bonds is 7. The number of carbonyl (C=O) groups is 1. The van der Waals surface area contributed by atoms with E-state index in [9.17, 15) is 4.79 Å². The predicted molar refractivity (Wildman–Crippen MR) is 118 cm³/mol. The minimum Gasteiger partial charge on any atom is -0.496 e. The summed E-state index contributed by atoms with van der Waals surface area (Å²) in [6.45, 7) is 2.95. The molecule has 0 spiro atoms. The molecule has 2 aromatic carbocycles. The molecule has 29 heavy (non-hydrogen) atoms. The van der Waals surface area contributed by atoms with Crippen molar-refractivity contribution in [2.75, 3.05) is 33.3 Å². The minimum absolute atomic E-state index is 0.0878. The molecule has 0 aliphatic carbocycles. The maximum atomic E-state index is 12.4. The highest BCUT2D eigenvalue weighted by Gasteiger charge is 2.25. The molecule has 1 amide bonds. The Morgan fingerprint density at radius 2 is 2.07 bits per heavy atom. The predicted octanol–water partition coefficient (Wildman–Crippen LogP) is 3.84. The number of carbonyl (C=O) groups excluding carboxylic acids is 1. The van der Waals surface area contributed by atoms with Crippen molar-refractivity contribution < 1.29 is 9.53 Å². The molecule has 2 heterocycles. The number of fused-ring (bicyclic) bond motifs is 1. The van der Waals surface area contributed by atoms with Gasteiger partial charge in [-0.25, -0.2) is 4.98 Å². The first-order chi connectivity index (χ1) is 14.2. The average Bonchev–Trinajstić information content (AvgIpc) is 3.19. The first-order valence-electron chi connectivity index (χ1n) is 10.2. The van der Waals surface area contributed by atoms with Gasteiger partial charge in [0.15, 0.2) is 0 Å². The molecule has 1 aliphatic heterocycles. The molecule has 0 radical (unpaired) electrons. The van der Waals surface area contributed by atoms with Gasteiger partial charge < -0.3 is 10.1 Å². The second kappa shape index (κ2) is 9.37. The first-order valence-corrected chi connectivity index (χ1v) is 11.0. The van der Waals surface area contributed by atoms with Gasteiger partial charge in [0.25, 0.3) is 0 Å². The third-order valence-corrected chi connectivity index (χ3v) is 6.64. The molecule has 4 rings (SSSR count). The van der Waals surface area contributed by atoms with E-state index >= 15 is 0 Å². The van der Waals surface area contributed by atoms with Crippen molar-refractivity contribution in [3.8, 4) is 5.75 Å². The Morgan fingerprint density at radius 3 is 2.93 bits per heavy atom. The number of aromatic nitrogens is 1. The van der Waals surface area contributed by atoms with E-state index in [1.165, 1.54) is 9.71 Å². The number of ether oxygens (including phenoxy) is 1. The Bertz CT molecular complexity index is 938. The van der Waals surface area contributed by atoms with E-state index in [1.807, 2.05) is 30.3 Å². The Kier molecular flexibility index (Phi) is 6.42. The zero-order chi connectivity index (χ0) is 20.1. The monoisotopic (exact) mass is 409 g/mol. The van der Waals surface area contributed by atoms with Crippen LogP contribution in [0.4, 0.5) is 0 Å². The van der Waals surface area contributed by atoms with Crippen LogP contribution < -0.4 is 10.1 Å². The lowest BCUT2D eigenvalue weighted by atomic mass is 9.99. The fourth-order valence-corrected chi connectivity index (χ4v) is 5.06. The zero-order valence-electron chi connectivity index (χ0n) is 16.8. The van der Waals surface area contributed by atoms with E-state index in [0.29, 0.717) is 19.0 Å². The number of nitrogens with zero attached hydrogens (tertiary/aromatic N) is 2. The number of hydrogen-bond acceptors (Lipinski definition) is 5. The summed E-state index contributed by atoms with van der Waals surface area (Å²) in [5.41, 5.74) is 2.20. The Balaban J connectivity index is 1.28. The molecular weight excluding hydrogens is 382 g/mol. The highest BCUT2D eigenvalue weighted by molar-refractivity contribution is 7.18. The molecule has 5 nitrogen and oxygen atoms in total. The molecule has 1 saturated heterocycles. The van der Waals surface area contributed by atoms with Gasteiger partial charge in [0.1, 0.15) is 5.75 Å². The molecule has 3 aromatic rings. The van der Waals surface area contributed by atoms with Crippen LogP contribution in [-0.4, -0.2) is 49.1 Å². The van der Waals surface area contributed by atoms with Crippen LogP contribution >= 0.6 is 11.3 Å². The third-order valence-electron chi connectivity index (χ3n) is 5.44. The van der Waals surface area contributed by atoms with Crippen molar-refractivity contribution >= 4 is 27.5 Å². The van der Waals surface area contributed by atoms with Gasteiger partial charge in [-0.1, -0.05) is 30.3 Å². The number of methoxy groups -OCH3 is 1. The number of amides is 1. The average molecular weight is 410 g/mol. The quantitative estimate of drug-likeness (QED) is 0.644. The lowest BCUT2D eigenvalue weighted by Gasteiger charge is -2.31. The summed E-state index contributed by atoms with van der Waals surface area (Å²) in [7, 11) is 1.68. The number of benzene rings is 2. The van der Waals surface area contributed by atoms with E-state index in [2.05, 4.69) is 28.4 Å². The molecule has 0 unspecified atom stereocenters. The van der Waals surface area contributed by atoms with Gasteiger partial charge in [0.2, 0.25) is 5.91 Å². The van der Waals surface area contributed by atoms with Crippen LogP contribution in [0.3, 0.4) is 0 Å². The van der Waals surface area contributed by atoms with Crippen LogP contribution in [0.15, 0.2) is 48.5 Å².